The first-order chi connectivity index (χ1) is 16.0. The molecular formula is C26H22N2O4S. The number of methoxy groups -OCH3 is 1. The molecule has 0 spiro atoms. The first-order valence-electron chi connectivity index (χ1n) is 10.3. The fourth-order valence-corrected chi connectivity index (χ4v) is 3.92. The quantitative estimate of drug-likeness (QED) is 0.242. The van der Waals surface area contributed by atoms with Gasteiger partial charge in [0, 0.05) is 5.56 Å². The highest BCUT2D eigenvalue weighted by molar-refractivity contribution is 7.80. The molecule has 1 heterocycles. The third-order valence-electron chi connectivity index (χ3n) is 5.24. The number of allylic oxidation sites excluding steroid dienone is 1. The summed E-state index contributed by atoms with van der Waals surface area (Å²) in [6.07, 6.45) is 3.77. The third kappa shape index (κ3) is 4.78. The Morgan fingerprint density at radius 1 is 1.00 bits per heavy atom. The van der Waals surface area contributed by atoms with Crippen LogP contribution in [0.1, 0.15) is 16.7 Å². The molecule has 3 aromatic rings. The lowest BCUT2D eigenvalue weighted by atomic mass is 10.0. The molecule has 6 nitrogen and oxygen atoms in total. The van der Waals surface area contributed by atoms with Crippen molar-refractivity contribution in [1.82, 2.24) is 10.6 Å². The van der Waals surface area contributed by atoms with Crippen molar-refractivity contribution in [2.75, 3.05) is 7.11 Å². The van der Waals surface area contributed by atoms with Crippen LogP contribution in [0.3, 0.4) is 0 Å². The van der Waals surface area contributed by atoms with Crippen molar-refractivity contribution in [3.8, 4) is 11.5 Å². The Bertz CT molecular complexity index is 1290. The maximum Gasteiger partial charge on any atom is 0.263 e. The average molecular weight is 459 g/mol. The van der Waals surface area contributed by atoms with Gasteiger partial charge in [0.1, 0.15) is 12.2 Å². The molecule has 1 fully saturated rings. The normalized spacial score (nSPS) is 13.4. The second kappa shape index (κ2) is 9.67. The van der Waals surface area contributed by atoms with Crippen LogP contribution in [0.2, 0.25) is 0 Å². The number of ether oxygens (including phenoxy) is 2. The summed E-state index contributed by atoms with van der Waals surface area (Å²) >= 11 is 4.85. The number of benzene rings is 3. The Kier molecular flexibility index (Phi) is 6.51. The Labute approximate surface area is 196 Å². The van der Waals surface area contributed by atoms with Gasteiger partial charge >= 0.3 is 0 Å². The predicted octanol–water partition coefficient (Wildman–Crippen LogP) is 4.07. The van der Waals surface area contributed by atoms with Crippen molar-refractivity contribution < 1.29 is 19.1 Å². The zero-order chi connectivity index (χ0) is 23.4. The Balaban J connectivity index is 1.69. The van der Waals surface area contributed by atoms with E-state index in [1.54, 1.807) is 19.3 Å². The van der Waals surface area contributed by atoms with E-state index in [0.29, 0.717) is 30.1 Å². The molecule has 2 amide bonds. The Hall–Kier alpha value is -3.97. The summed E-state index contributed by atoms with van der Waals surface area (Å²) in [5.41, 5.74) is 2.45. The summed E-state index contributed by atoms with van der Waals surface area (Å²) in [7, 11) is 1.55. The van der Waals surface area contributed by atoms with Crippen LogP contribution in [0.4, 0.5) is 0 Å². The number of fused-ring (bicyclic) bond motifs is 1. The topological polar surface area (TPSA) is 76.7 Å². The molecule has 0 aromatic heterocycles. The van der Waals surface area contributed by atoms with Crippen LogP contribution in [-0.4, -0.2) is 24.0 Å². The molecule has 33 heavy (non-hydrogen) atoms. The maximum atomic E-state index is 12.2. The Morgan fingerprint density at radius 2 is 1.73 bits per heavy atom. The molecule has 1 aliphatic rings. The van der Waals surface area contributed by atoms with Crippen LogP contribution in [0, 0.1) is 0 Å². The van der Waals surface area contributed by atoms with Crippen LogP contribution in [-0.2, 0) is 22.6 Å². The van der Waals surface area contributed by atoms with Gasteiger partial charge in [-0.3, -0.25) is 20.2 Å². The van der Waals surface area contributed by atoms with E-state index in [-0.39, 0.29) is 10.7 Å². The molecule has 7 heteroatoms. The maximum absolute atomic E-state index is 12.2. The van der Waals surface area contributed by atoms with E-state index in [0.717, 1.165) is 21.9 Å². The molecule has 3 aromatic carbocycles. The second-order valence-corrected chi connectivity index (χ2v) is 7.83. The van der Waals surface area contributed by atoms with Crippen molar-refractivity contribution in [3.63, 3.8) is 0 Å². The molecule has 166 valence electrons. The number of carbonyl (C=O) groups excluding carboxylic acids is 2. The van der Waals surface area contributed by atoms with E-state index >= 15 is 0 Å². The van der Waals surface area contributed by atoms with Gasteiger partial charge in [-0.1, -0.05) is 48.5 Å². The highest BCUT2D eigenvalue weighted by Gasteiger charge is 2.26. The molecule has 0 unspecified atom stereocenters. The van der Waals surface area contributed by atoms with Gasteiger partial charge in [-0.25, -0.2) is 0 Å². The number of thiocarbonyl (C=S) groups is 1. The van der Waals surface area contributed by atoms with E-state index in [1.807, 2.05) is 30.3 Å². The van der Waals surface area contributed by atoms with Crippen LogP contribution in [0.5, 0.6) is 11.5 Å². The van der Waals surface area contributed by atoms with Crippen LogP contribution >= 0.6 is 12.2 Å². The lowest BCUT2D eigenvalue weighted by Gasteiger charge is -2.18. The zero-order valence-corrected chi connectivity index (χ0v) is 18.8. The smallest absolute Gasteiger partial charge is 0.263 e. The summed E-state index contributed by atoms with van der Waals surface area (Å²) in [6, 6.07) is 17.8. The van der Waals surface area contributed by atoms with Crippen molar-refractivity contribution in [2.45, 2.75) is 13.0 Å². The average Bonchev–Trinajstić information content (AvgIpc) is 2.80. The van der Waals surface area contributed by atoms with Gasteiger partial charge in [0.05, 0.1) is 7.11 Å². The molecule has 0 atom stereocenters. The Morgan fingerprint density at radius 3 is 2.45 bits per heavy atom. The van der Waals surface area contributed by atoms with E-state index in [4.69, 9.17) is 21.7 Å². The summed E-state index contributed by atoms with van der Waals surface area (Å²) in [6.45, 7) is 4.19. The number of amides is 2. The zero-order valence-electron chi connectivity index (χ0n) is 18.0. The number of hydrogen-bond donors (Lipinski definition) is 2. The molecule has 4 rings (SSSR count). The summed E-state index contributed by atoms with van der Waals surface area (Å²) in [4.78, 5) is 24.4. The monoisotopic (exact) mass is 458 g/mol. The molecule has 1 saturated heterocycles. The largest absolute Gasteiger partial charge is 0.493 e. The molecule has 0 saturated carbocycles. The highest BCUT2D eigenvalue weighted by Crippen LogP contribution is 2.35. The molecule has 0 aliphatic carbocycles. The number of rotatable bonds is 7. The van der Waals surface area contributed by atoms with Gasteiger partial charge in [-0.2, -0.15) is 0 Å². The van der Waals surface area contributed by atoms with Crippen LogP contribution in [0.15, 0.2) is 72.8 Å². The van der Waals surface area contributed by atoms with Gasteiger partial charge in [-0.05, 0) is 58.7 Å². The van der Waals surface area contributed by atoms with E-state index in [1.165, 1.54) is 6.08 Å². The van der Waals surface area contributed by atoms with E-state index < -0.39 is 11.8 Å². The fourth-order valence-electron chi connectivity index (χ4n) is 3.73. The predicted molar refractivity (Wildman–Crippen MR) is 132 cm³/mol. The number of nitrogens with one attached hydrogen (secondary N) is 2. The fraction of sp³-hybridized carbons (Fsp3) is 0.115. The summed E-state index contributed by atoms with van der Waals surface area (Å²) in [5, 5.41) is 7.12. The third-order valence-corrected chi connectivity index (χ3v) is 5.45. The number of hydrogen-bond acceptors (Lipinski definition) is 5. The molecule has 0 bridgehead atoms. The van der Waals surface area contributed by atoms with Crippen LogP contribution < -0.4 is 20.1 Å². The second-order valence-electron chi connectivity index (χ2n) is 7.43. The lowest BCUT2D eigenvalue weighted by molar-refractivity contribution is -0.123. The SMILES string of the molecule is C=CCc1cc(C=C2C(=O)NC(=S)NC2=O)cc(OC)c1OCc1cccc2ccccc12. The molecule has 1 aliphatic heterocycles. The van der Waals surface area contributed by atoms with E-state index in [2.05, 4.69) is 35.4 Å². The molecule has 2 N–H and O–H groups in total. The van der Waals surface area contributed by atoms with E-state index in [9.17, 15) is 9.59 Å². The van der Waals surface area contributed by atoms with Gasteiger partial charge in [0.2, 0.25) is 0 Å². The summed E-state index contributed by atoms with van der Waals surface area (Å²) in [5.74, 6) is -0.0201. The first-order valence-corrected chi connectivity index (χ1v) is 10.7. The molecular weight excluding hydrogens is 436 g/mol. The minimum atomic E-state index is -0.552. The summed E-state index contributed by atoms with van der Waals surface area (Å²) < 4.78 is 11.8. The molecule has 0 radical (unpaired) electrons. The minimum Gasteiger partial charge on any atom is -0.493 e. The first kappa shape index (κ1) is 22.2. The van der Waals surface area contributed by atoms with Gasteiger partial charge < -0.3 is 9.47 Å². The minimum absolute atomic E-state index is 0.00994. The van der Waals surface area contributed by atoms with Gasteiger partial charge in [0.25, 0.3) is 11.8 Å². The van der Waals surface area contributed by atoms with Crippen molar-refractivity contribution >= 4 is 46.0 Å². The number of carbonyl (C=O) groups is 2. The lowest BCUT2D eigenvalue weighted by Crippen LogP contribution is -2.51. The van der Waals surface area contributed by atoms with Gasteiger partial charge in [-0.15, -0.1) is 6.58 Å². The van der Waals surface area contributed by atoms with Gasteiger partial charge in [0.15, 0.2) is 16.6 Å². The van der Waals surface area contributed by atoms with Crippen molar-refractivity contribution in [2.24, 2.45) is 0 Å². The van der Waals surface area contributed by atoms with Crippen molar-refractivity contribution in [1.29, 1.82) is 0 Å². The van der Waals surface area contributed by atoms with Crippen LogP contribution in [0.25, 0.3) is 16.8 Å². The highest BCUT2D eigenvalue weighted by atomic mass is 32.1. The van der Waals surface area contributed by atoms with Crippen molar-refractivity contribution in [3.05, 3.63) is 89.5 Å². The standard InChI is InChI=1S/C26H22N2O4S/c1-3-7-18-12-16(13-21-24(29)27-26(33)28-25(21)30)14-22(31-2)23(18)32-15-19-10-6-9-17-8-4-5-11-20(17)19/h3-6,8-14H,1,7,15H2,2H3,(H2,27,28,29,30,33).